The van der Waals surface area contributed by atoms with Crippen LogP contribution in [0.1, 0.15) is 17.2 Å². The molecule has 7 heteroatoms. The molecule has 0 spiro atoms. The standard InChI is InChI=1S/C17H18ClNO5/c18-12-7-4-8-13(20)15(12)16(22)14(21)9-19-17(23)24-10-11-5-2-1-3-6-11/h1-8,14,16,20-22H,9-10H2,(H,19,23). The Morgan fingerprint density at radius 3 is 2.50 bits per heavy atom. The number of halogens is 1. The Hall–Kier alpha value is -2.28. The van der Waals surface area contributed by atoms with Crippen LogP contribution in [0.15, 0.2) is 48.5 Å². The van der Waals surface area contributed by atoms with Gasteiger partial charge in [0.05, 0.1) is 5.02 Å². The summed E-state index contributed by atoms with van der Waals surface area (Å²) in [7, 11) is 0. The van der Waals surface area contributed by atoms with Gasteiger partial charge in [0, 0.05) is 12.1 Å². The number of phenolic OH excluding ortho intramolecular Hbond substituents is 1. The minimum atomic E-state index is -1.45. The average molecular weight is 352 g/mol. The molecular weight excluding hydrogens is 334 g/mol. The minimum absolute atomic E-state index is 0.00567. The van der Waals surface area contributed by atoms with Crippen molar-refractivity contribution in [2.75, 3.05) is 6.54 Å². The number of aromatic hydroxyl groups is 1. The first-order valence-electron chi connectivity index (χ1n) is 7.27. The van der Waals surface area contributed by atoms with Crippen molar-refractivity contribution in [3.05, 3.63) is 64.7 Å². The summed E-state index contributed by atoms with van der Waals surface area (Å²) in [5.74, 6) is -0.235. The van der Waals surface area contributed by atoms with Crippen LogP contribution in [-0.4, -0.2) is 34.1 Å². The van der Waals surface area contributed by atoms with Crippen LogP contribution < -0.4 is 5.32 Å². The summed E-state index contributed by atoms with van der Waals surface area (Å²) >= 11 is 5.91. The highest BCUT2D eigenvalue weighted by Gasteiger charge is 2.24. The van der Waals surface area contributed by atoms with Gasteiger partial charge < -0.3 is 25.4 Å². The highest BCUT2D eigenvalue weighted by molar-refractivity contribution is 6.31. The van der Waals surface area contributed by atoms with Gasteiger partial charge in [-0.3, -0.25) is 0 Å². The Balaban J connectivity index is 1.83. The number of rotatable bonds is 6. The van der Waals surface area contributed by atoms with Crippen LogP contribution in [0.2, 0.25) is 5.02 Å². The van der Waals surface area contributed by atoms with E-state index in [0.717, 1.165) is 5.56 Å². The van der Waals surface area contributed by atoms with E-state index in [1.165, 1.54) is 18.2 Å². The molecule has 2 atom stereocenters. The summed E-state index contributed by atoms with van der Waals surface area (Å²) in [5.41, 5.74) is 0.834. The number of phenols is 1. The number of carbonyl (C=O) groups is 1. The second kappa shape index (κ2) is 8.54. The SMILES string of the molecule is O=C(NCC(O)C(O)c1c(O)cccc1Cl)OCc1ccccc1. The van der Waals surface area contributed by atoms with Gasteiger partial charge in [-0.15, -0.1) is 0 Å². The minimum Gasteiger partial charge on any atom is -0.508 e. The molecule has 0 fully saturated rings. The van der Waals surface area contributed by atoms with Gasteiger partial charge in [0.2, 0.25) is 0 Å². The van der Waals surface area contributed by atoms with E-state index < -0.39 is 18.3 Å². The molecule has 4 N–H and O–H groups in total. The molecule has 2 aromatic carbocycles. The number of amides is 1. The van der Waals surface area contributed by atoms with E-state index in [2.05, 4.69) is 5.32 Å². The van der Waals surface area contributed by atoms with Crippen LogP contribution in [0.4, 0.5) is 4.79 Å². The first-order valence-corrected chi connectivity index (χ1v) is 7.65. The summed E-state index contributed by atoms with van der Waals surface area (Å²) in [6.07, 6.45) is -3.54. The van der Waals surface area contributed by atoms with Crippen LogP contribution >= 0.6 is 11.6 Å². The lowest BCUT2D eigenvalue weighted by Gasteiger charge is -2.20. The number of ether oxygens (including phenoxy) is 1. The molecule has 0 aliphatic carbocycles. The predicted octanol–water partition coefficient (Wildman–Crippen LogP) is 2.37. The van der Waals surface area contributed by atoms with Gasteiger partial charge in [-0.25, -0.2) is 4.79 Å². The zero-order valence-corrected chi connectivity index (χ0v) is 13.5. The summed E-state index contributed by atoms with van der Waals surface area (Å²) in [6, 6.07) is 13.5. The van der Waals surface area contributed by atoms with E-state index in [9.17, 15) is 20.1 Å². The fourth-order valence-electron chi connectivity index (χ4n) is 2.08. The van der Waals surface area contributed by atoms with Crippen LogP contribution in [0.5, 0.6) is 5.75 Å². The first-order chi connectivity index (χ1) is 11.5. The zero-order valence-electron chi connectivity index (χ0n) is 12.7. The number of alkyl carbamates (subject to hydrolysis) is 1. The lowest BCUT2D eigenvalue weighted by Crippen LogP contribution is -2.35. The van der Waals surface area contributed by atoms with Gasteiger partial charge in [-0.1, -0.05) is 48.0 Å². The molecule has 0 aliphatic heterocycles. The van der Waals surface area contributed by atoms with Crippen LogP contribution in [0.3, 0.4) is 0 Å². The maximum Gasteiger partial charge on any atom is 0.407 e. The van der Waals surface area contributed by atoms with Gasteiger partial charge >= 0.3 is 6.09 Å². The molecule has 0 saturated heterocycles. The van der Waals surface area contributed by atoms with E-state index in [1.54, 1.807) is 0 Å². The number of aliphatic hydroxyl groups is 2. The third kappa shape index (κ3) is 4.86. The molecule has 0 bridgehead atoms. The van der Waals surface area contributed by atoms with E-state index in [-0.39, 0.29) is 29.5 Å². The van der Waals surface area contributed by atoms with Crippen molar-refractivity contribution in [2.45, 2.75) is 18.8 Å². The fraction of sp³-hybridized carbons (Fsp3) is 0.235. The maximum atomic E-state index is 11.6. The van der Waals surface area contributed by atoms with E-state index in [0.29, 0.717) is 0 Å². The van der Waals surface area contributed by atoms with Crippen molar-refractivity contribution in [3.63, 3.8) is 0 Å². The highest BCUT2D eigenvalue weighted by atomic mass is 35.5. The lowest BCUT2D eigenvalue weighted by atomic mass is 10.0. The van der Waals surface area contributed by atoms with Gasteiger partial charge in [0.1, 0.15) is 24.6 Å². The molecule has 128 valence electrons. The second-order valence-corrected chi connectivity index (χ2v) is 5.53. The summed E-state index contributed by atoms with van der Waals surface area (Å²) in [4.78, 5) is 11.6. The largest absolute Gasteiger partial charge is 0.508 e. The van der Waals surface area contributed by atoms with Crippen molar-refractivity contribution < 1.29 is 24.9 Å². The summed E-state index contributed by atoms with van der Waals surface area (Å²) in [5, 5.41) is 32.2. The third-order valence-electron chi connectivity index (χ3n) is 3.36. The summed E-state index contributed by atoms with van der Waals surface area (Å²) < 4.78 is 4.99. The number of aliphatic hydroxyl groups excluding tert-OH is 2. The van der Waals surface area contributed by atoms with Gasteiger partial charge in [-0.2, -0.15) is 0 Å². The van der Waals surface area contributed by atoms with Crippen LogP contribution in [0, 0.1) is 0 Å². The number of benzene rings is 2. The van der Waals surface area contributed by atoms with Crippen molar-refractivity contribution in [3.8, 4) is 5.75 Å². The second-order valence-electron chi connectivity index (χ2n) is 5.13. The third-order valence-corrected chi connectivity index (χ3v) is 3.69. The molecule has 2 unspecified atom stereocenters. The fourth-order valence-corrected chi connectivity index (χ4v) is 2.37. The Morgan fingerprint density at radius 1 is 1.12 bits per heavy atom. The molecule has 0 aliphatic rings. The number of nitrogens with one attached hydrogen (secondary N) is 1. The van der Waals surface area contributed by atoms with Crippen molar-refractivity contribution in [2.24, 2.45) is 0 Å². The quantitative estimate of drug-likeness (QED) is 0.640. The number of hydrogen-bond acceptors (Lipinski definition) is 5. The lowest BCUT2D eigenvalue weighted by molar-refractivity contribution is 0.0172. The Morgan fingerprint density at radius 2 is 1.83 bits per heavy atom. The Labute approximate surface area is 144 Å². The van der Waals surface area contributed by atoms with Crippen molar-refractivity contribution in [1.29, 1.82) is 0 Å². The molecule has 1 amide bonds. The van der Waals surface area contributed by atoms with Crippen LogP contribution in [-0.2, 0) is 11.3 Å². The van der Waals surface area contributed by atoms with Gasteiger partial charge in [0.25, 0.3) is 0 Å². The number of carbonyl (C=O) groups excluding carboxylic acids is 1. The first kappa shape index (κ1) is 18.1. The van der Waals surface area contributed by atoms with Gasteiger partial charge in [-0.05, 0) is 17.7 Å². The molecule has 6 nitrogen and oxygen atoms in total. The topological polar surface area (TPSA) is 99.0 Å². The maximum absolute atomic E-state index is 11.6. The smallest absolute Gasteiger partial charge is 0.407 e. The predicted molar refractivity (Wildman–Crippen MR) is 88.7 cm³/mol. The summed E-state index contributed by atoms with van der Waals surface area (Å²) in [6.45, 7) is -0.171. The van der Waals surface area contributed by atoms with Crippen LogP contribution in [0.25, 0.3) is 0 Å². The molecule has 0 heterocycles. The Kier molecular flexibility index (Phi) is 6.43. The van der Waals surface area contributed by atoms with E-state index >= 15 is 0 Å². The van der Waals surface area contributed by atoms with E-state index in [4.69, 9.17) is 16.3 Å². The molecule has 0 saturated carbocycles. The van der Waals surface area contributed by atoms with Crippen molar-refractivity contribution in [1.82, 2.24) is 5.32 Å². The van der Waals surface area contributed by atoms with Gasteiger partial charge in [0.15, 0.2) is 0 Å². The molecule has 2 aromatic rings. The Bertz CT molecular complexity index is 660. The van der Waals surface area contributed by atoms with E-state index in [1.807, 2.05) is 30.3 Å². The zero-order chi connectivity index (χ0) is 17.5. The highest BCUT2D eigenvalue weighted by Crippen LogP contribution is 2.32. The monoisotopic (exact) mass is 351 g/mol. The number of hydrogen-bond donors (Lipinski definition) is 4. The molecule has 0 radical (unpaired) electrons. The molecule has 24 heavy (non-hydrogen) atoms. The van der Waals surface area contributed by atoms with Crippen molar-refractivity contribution >= 4 is 17.7 Å². The molecular formula is C17H18ClNO5. The normalized spacial score (nSPS) is 13.1. The average Bonchev–Trinajstić information content (AvgIpc) is 2.58. The molecule has 0 aromatic heterocycles. The molecule has 2 rings (SSSR count).